The second kappa shape index (κ2) is 10.9. The molecule has 0 saturated carbocycles. The van der Waals surface area contributed by atoms with E-state index in [4.69, 9.17) is 14.5 Å². The van der Waals surface area contributed by atoms with E-state index in [1.54, 1.807) is 25.4 Å². The van der Waals surface area contributed by atoms with Crippen LogP contribution in [0.25, 0.3) is 10.9 Å². The molecule has 1 aromatic carbocycles. The van der Waals surface area contributed by atoms with Crippen molar-refractivity contribution < 1.29 is 31.5 Å². The number of anilines is 2. The summed E-state index contributed by atoms with van der Waals surface area (Å²) in [5.74, 6) is 5.27. The number of rotatable bonds is 4. The highest BCUT2D eigenvalue weighted by Crippen LogP contribution is 2.36. The van der Waals surface area contributed by atoms with E-state index in [1.807, 2.05) is 23.1 Å². The molecule has 0 fully saturated rings. The van der Waals surface area contributed by atoms with Gasteiger partial charge in [-0.05, 0) is 37.3 Å². The molecule has 0 spiro atoms. The number of benzene rings is 1. The van der Waals surface area contributed by atoms with Gasteiger partial charge in [0.2, 0.25) is 15.3 Å². The van der Waals surface area contributed by atoms with Crippen molar-refractivity contribution in [2.45, 2.75) is 30.3 Å². The second-order valence-corrected chi connectivity index (χ2v) is 11.6. The Labute approximate surface area is 239 Å². The first-order chi connectivity index (χ1) is 20.2. The van der Waals surface area contributed by atoms with Crippen molar-refractivity contribution in [1.82, 2.24) is 20.3 Å². The Morgan fingerprint density at radius 2 is 2.00 bits per heavy atom. The van der Waals surface area contributed by atoms with E-state index in [0.717, 1.165) is 23.1 Å². The molecule has 2 aliphatic rings. The van der Waals surface area contributed by atoms with Crippen LogP contribution < -0.4 is 19.7 Å². The molecule has 214 valence electrons. The first kappa shape index (κ1) is 27.3. The number of carbonyl (C=O) groups excluding carboxylic acids is 1. The fourth-order valence-corrected chi connectivity index (χ4v) is 6.09. The third-order valence-corrected chi connectivity index (χ3v) is 8.58. The molecule has 10 nitrogen and oxygen atoms in total. The molecule has 1 amide bonds. The minimum Gasteiger partial charge on any atom is -0.489 e. The number of ether oxygens (including phenoxy) is 2. The maximum Gasteiger partial charge on any atom is 0.251 e. The number of hydrogen-bond acceptors (Lipinski definition) is 9. The van der Waals surface area contributed by atoms with Crippen LogP contribution in [0.15, 0.2) is 53.7 Å². The number of amides is 1. The Morgan fingerprint density at radius 1 is 1.14 bits per heavy atom. The predicted octanol–water partition coefficient (Wildman–Crippen LogP) is 3.85. The van der Waals surface area contributed by atoms with Gasteiger partial charge in [-0.3, -0.25) is 9.78 Å². The molecule has 1 N–H and O–H groups in total. The first-order valence-electron chi connectivity index (χ1n) is 13.0. The standard InChI is InChI=1S/C29H23F2N5O5S/c1-2-3-17-10-23-28(33-14-17)36(7-9-40-23)26-5-4-18-15-32-20(13-22(18)35-26)16-34-29(37)19-11-21(30)27-24(12-19)42(38,39)25(31)6-8-41-27/h4-5,10-15,25H,6-9,16H2,1H3,(H,34,37)/t25-/m1/s1. The Bertz CT molecular complexity index is 1910. The lowest BCUT2D eigenvalue weighted by atomic mass is 10.2. The molecule has 4 aromatic rings. The zero-order chi connectivity index (χ0) is 29.4. The molecule has 3 aromatic heterocycles. The van der Waals surface area contributed by atoms with Crippen LogP contribution in [-0.2, 0) is 16.4 Å². The molecule has 5 heterocycles. The van der Waals surface area contributed by atoms with Gasteiger partial charge in [0.1, 0.15) is 17.3 Å². The average Bonchev–Trinajstić information content (AvgIpc) is 3.10. The summed E-state index contributed by atoms with van der Waals surface area (Å²) in [5.41, 5.74) is -0.733. The fourth-order valence-electron chi connectivity index (χ4n) is 4.70. The SMILES string of the molecule is CC#Cc1cnc2c(c1)OCCN2c1ccc2cnc(CNC(=O)c3cc(F)c4c(c3)S(=O)(=O)[C@@H](F)CCO4)cc2n1. The number of nitrogens with zero attached hydrogens (tertiary/aromatic N) is 4. The van der Waals surface area contributed by atoms with Gasteiger partial charge in [0.25, 0.3) is 5.91 Å². The number of alkyl halides is 1. The van der Waals surface area contributed by atoms with Crippen LogP contribution in [0.4, 0.5) is 20.4 Å². The van der Waals surface area contributed by atoms with Gasteiger partial charge in [-0.15, -0.1) is 5.92 Å². The number of halogens is 2. The summed E-state index contributed by atoms with van der Waals surface area (Å²) >= 11 is 0. The predicted molar refractivity (Wildman–Crippen MR) is 149 cm³/mol. The molecule has 42 heavy (non-hydrogen) atoms. The van der Waals surface area contributed by atoms with E-state index in [0.29, 0.717) is 41.7 Å². The van der Waals surface area contributed by atoms with Crippen molar-refractivity contribution in [1.29, 1.82) is 0 Å². The number of hydrogen-bond donors (Lipinski definition) is 1. The third kappa shape index (κ3) is 5.05. The molecule has 2 aliphatic heterocycles. The van der Waals surface area contributed by atoms with Crippen LogP contribution in [0.2, 0.25) is 0 Å². The molecule has 6 rings (SSSR count). The van der Waals surface area contributed by atoms with E-state index in [-0.39, 0.29) is 18.7 Å². The fraction of sp³-hybridized carbons (Fsp3) is 0.241. The van der Waals surface area contributed by atoms with Crippen LogP contribution >= 0.6 is 0 Å². The Hall–Kier alpha value is -4.83. The van der Waals surface area contributed by atoms with Gasteiger partial charge in [0, 0.05) is 41.4 Å². The van der Waals surface area contributed by atoms with Gasteiger partial charge in [0.05, 0.1) is 30.9 Å². The topological polar surface area (TPSA) is 124 Å². The van der Waals surface area contributed by atoms with Crippen molar-refractivity contribution in [2.24, 2.45) is 0 Å². The van der Waals surface area contributed by atoms with E-state index in [2.05, 4.69) is 27.1 Å². The number of aromatic nitrogens is 3. The summed E-state index contributed by atoms with van der Waals surface area (Å²) in [6.45, 7) is 2.36. The Kier molecular flexibility index (Phi) is 7.07. The minimum atomic E-state index is -4.52. The van der Waals surface area contributed by atoms with E-state index < -0.39 is 44.1 Å². The van der Waals surface area contributed by atoms with E-state index >= 15 is 0 Å². The second-order valence-electron chi connectivity index (χ2n) is 9.52. The van der Waals surface area contributed by atoms with Crippen molar-refractivity contribution in [3.63, 3.8) is 0 Å². The van der Waals surface area contributed by atoms with Gasteiger partial charge in [-0.25, -0.2) is 27.2 Å². The monoisotopic (exact) mass is 591 g/mol. The van der Waals surface area contributed by atoms with E-state index in [9.17, 15) is 22.0 Å². The lowest BCUT2D eigenvalue weighted by molar-refractivity contribution is 0.0949. The minimum absolute atomic E-state index is 0.0580. The zero-order valence-electron chi connectivity index (χ0n) is 22.2. The van der Waals surface area contributed by atoms with Crippen LogP contribution in [0.3, 0.4) is 0 Å². The lowest BCUT2D eigenvalue weighted by Crippen LogP contribution is -2.30. The Morgan fingerprint density at radius 3 is 2.83 bits per heavy atom. The largest absolute Gasteiger partial charge is 0.489 e. The van der Waals surface area contributed by atoms with Crippen LogP contribution in [-0.4, -0.2) is 54.5 Å². The van der Waals surface area contributed by atoms with E-state index in [1.165, 1.54) is 0 Å². The number of carbonyl (C=O) groups is 1. The van der Waals surface area contributed by atoms with Gasteiger partial charge >= 0.3 is 0 Å². The number of nitrogens with one attached hydrogen (secondary N) is 1. The molecule has 0 bridgehead atoms. The molecule has 13 heteroatoms. The zero-order valence-corrected chi connectivity index (χ0v) is 23.0. The summed E-state index contributed by atoms with van der Waals surface area (Å²) in [7, 11) is -4.52. The highest BCUT2D eigenvalue weighted by molar-refractivity contribution is 7.92. The molecule has 0 unspecified atom stereocenters. The molecule has 0 saturated heterocycles. The summed E-state index contributed by atoms with van der Waals surface area (Å²) < 4.78 is 64.8. The molecule has 0 radical (unpaired) electrons. The van der Waals surface area contributed by atoms with Crippen molar-refractivity contribution in [3.8, 4) is 23.3 Å². The smallest absolute Gasteiger partial charge is 0.251 e. The lowest BCUT2D eigenvalue weighted by Gasteiger charge is -2.29. The molecular formula is C29H23F2N5O5S. The first-order valence-corrected chi connectivity index (χ1v) is 14.5. The molecular weight excluding hydrogens is 568 g/mol. The summed E-state index contributed by atoms with van der Waals surface area (Å²) in [6, 6.07) is 9.06. The highest BCUT2D eigenvalue weighted by atomic mass is 32.2. The van der Waals surface area contributed by atoms with Crippen LogP contribution in [0.1, 0.15) is 35.0 Å². The third-order valence-electron chi connectivity index (χ3n) is 6.76. The quantitative estimate of drug-likeness (QED) is 0.353. The highest BCUT2D eigenvalue weighted by Gasteiger charge is 2.35. The number of pyridine rings is 3. The molecule has 1 atom stereocenters. The normalized spacial score (nSPS) is 17.0. The maximum absolute atomic E-state index is 14.7. The summed E-state index contributed by atoms with van der Waals surface area (Å²) in [4.78, 5) is 27.8. The van der Waals surface area contributed by atoms with Gasteiger partial charge in [-0.2, -0.15) is 0 Å². The average molecular weight is 592 g/mol. The van der Waals surface area contributed by atoms with Crippen LogP contribution in [0, 0.1) is 17.7 Å². The van der Waals surface area contributed by atoms with Gasteiger partial charge in [0.15, 0.2) is 23.1 Å². The Balaban J connectivity index is 1.23. The summed E-state index contributed by atoms with van der Waals surface area (Å²) in [6.07, 6.45) is 2.85. The van der Waals surface area contributed by atoms with Crippen molar-refractivity contribution in [3.05, 3.63) is 71.4 Å². The van der Waals surface area contributed by atoms with Gasteiger partial charge in [-0.1, -0.05) is 5.92 Å². The number of sulfone groups is 1. The van der Waals surface area contributed by atoms with Crippen molar-refractivity contribution >= 4 is 38.3 Å². The molecule has 0 aliphatic carbocycles. The number of fused-ring (bicyclic) bond motifs is 3. The summed E-state index contributed by atoms with van der Waals surface area (Å²) in [5, 5.41) is 3.37. The van der Waals surface area contributed by atoms with Crippen LogP contribution in [0.5, 0.6) is 11.5 Å². The van der Waals surface area contributed by atoms with Gasteiger partial charge < -0.3 is 19.7 Å². The maximum atomic E-state index is 14.7. The van der Waals surface area contributed by atoms with Crippen molar-refractivity contribution in [2.75, 3.05) is 24.7 Å².